The molecular formula is C15H14FN3S. The van der Waals surface area contributed by atoms with Gasteiger partial charge in [0.25, 0.3) is 0 Å². The molecule has 0 aliphatic carbocycles. The van der Waals surface area contributed by atoms with Crippen LogP contribution >= 0.6 is 11.3 Å². The number of nitrogen functional groups attached to an aromatic ring is 1. The maximum Gasteiger partial charge on any atom is 0.181 e. The number of nitrogens with two attached hydrogens (primary N) is 1. The van der Waals surface area contributed by atoms with Crippen LogP contribution < -0.4 is 10.6 Å². The monoisotopic (exact) mass is 287 g/mol. The Morgan fingerprint density at radius 1 is 1.25 bits per heavy atom. The van der Waals surface area contributed by atoms with Crippen molar-refractivity contribution in [3.05, 3.63) is 53.8 Å². The Hall–Kier alpha value is -2.14. The Morgan fingerprint density at radius 2 is 2.10 bits per heavy atom. The van der Waals surface area contributed by atoms with Gasteiger partial charge in [0.1, 0.15) is 5.82 Å². The quantitative estimate of drug-likeness (QED) is 0.799. The zero-order chi connectivity index (χ0) is 14.1. The van der Waals surface area contributed by atoms with E-state index in [1.807, 2.05) is 30.1 Å². The van der Waals surface area contributed by atoms with Gasteiger partial charge >= 0.3 is 0 Å². The van der Waals surface area contributed by atoms with Crippen molar-refractivity contribution >= 4 is 32.4 Å². The lowest BCUT2D eigenvalue weighted by Gasteiger charge is -2.19. The van der Waals surface area contributed by atoms with Crippen LogP contribution in [-0.2, 0) is 6.54 Å². The van der Waals surface area contributed by atoms with E-state index in [4.69, 9.17) is 5.73 Å². The maximum absolute atomic E-state index is 13.2. The van der Waals surface area contributed by atoms with Gasteiger partial charge in [-0.1, -0.05) is 23.5 Å². The second-order valence-electron chi connectivity index (χ2n) is 4.69. The summed E-state index contributed by atoms with van der Waals surface area (Å²) in [5.74, 6) is -0.222. The summed E-state index contributed by atoms with van der Waals surface area (Å²) in [4.78, 5) is 6.24. The summed E-state index contributed by atoms with van der Waals surface area (Å²) in [6, 6.07) is 12.7. The molecule has 0 spiro atoms. The molecule has 1 aromatic heterocycles. The van der Waals surface area contributed by atoms with Crippen LogP contribution in [0.1, 0.15) is 5.56 Å². The van der Waals surface area contributed by atoms with Crippen LogP contribution in [0.3, 0.4) is 0 Å². The number of halogens is 1. The molecule has 3 aromatic rings. The molecule has 3 nitrogen and oxygen atoms in total. The van der Waals surface area contributed by atoms with Gasteiger partial charge in [-0.25, -0.2) is 9.37 Å². The van der Waals surface area contributed by atoms with Crippen LogP contribution in [0.25, 0.3) is 10.2 Å². The van der Waals surface area contributed by atoms with Crippen LogP contribution in [-0.4, -0.2) is 12.0 Å². The Labute approximate surface area is 120 Å². The van der Waals surface area contributed by atoms with Crippen LogP contribution in [0, 0.1) is 5.82 Å². The average molecular weight is 287 g/mol. The van der Waals surface area contributed by atoms with Gasteiger partial charge in [0.05, 0.1) is 10.2 Å². The van der Waals surface area contributed by atoms with Crippen LogP contribution in [0.15, 0.2) is 42.5 Å². The van der Waals surface area contributed by atoms with Crippen molar-refractivity contribution in [3.63, 3.8) is 0 Å². The molecule has 1 heterocycles. The minimum atomic E-state index is -0.222. The second-order valence-corrected chi connectivity index (χ2v) is 5.75. The van der Waals surface area contributed by atoms with Crippen molar-refractivity contribution in [1.29, 1.82) is 0 Å². The molecule has 0 saturated heterocycles. The fourth-order valence-corrected chi connectivity index (χ4v) is 2.96. The molecule has 0 amide bonds. The molecule has 0 atom stereocenters. The first-order chi connectivity index (χ1) is 9.61. The molecule has 3 rings (SSSR count). The number of hydrogen-bond donors (Lipinski definition) is 1. The van der Waals surface area contributed by atoms with Crippen LogP contribution in [0.4, 0.5) is 15.2 Å². The SMILES string of the molecule is CN(Cc1ccc2nc(N)sc2c1)c1cccc(F)c1. The standard InChI is InChI=1S/C15H14FN3S/c1-19(12-4-2-3-11(16)8-12)9-10-5-6-13-14(7-10)20-15(17)18-13/h2-8H,9H2,1H3,(H2,17,18). The van der Waals surface area contributed by atoms with E-state index in [1.54, 1.807) is 6.07 Å². The first-order valence-electron chi connectivity index (χ1n) is 6.23. The minimum absolute atomic E-state index is 0.222. The van der Waals surface area contributed by atoms with E-state index in [9.17, 15) is 4.39 Å². The van der Waals surface area contributed by atoms with Gasteiger partial charge in [0, 0.05) is 19.3 Å². The third kappa shape index (κ3) is 2.58. The highest BCUT2D eigenvalue weighted by molar-refractivity contribution is 7.22. The summed E-state index contributed by atoms with van der Waals surface area (Å²) < 4.78 is 14.3. The first kappa shape index (κ1) is 12.9. The third-order valence-corrected chi connectivity index (χ3v) is 3.99. The summed E-state index contributed by atoms with van der Waals surface area (Å²) in [6.45, 7) is 0.706. The molecule has 2 N–H and O–H groups in total. The molecule has 5 heteroatoms. The zero-order valence-electron chi connectivity index (χ0n) is 11.0. The predicted molar refractivity (Wildman–Crippen MR) is 82.5 cm³/mol. The van der Waals surface area contributed by atoms with Crippen LogP contribution in [0.5, 0.6) is 0 Å². The van der Waals surface area contributed by atoms with E-state index < -0.39 is 0 Å². The number of rotatable bonds is 3. The molecule has 0 unspecified atom stereocenters. The largest absolute Gasteiger partial charge is 0.375 e. The van der Waals surface area contributed by atoms with Gasteiger partial charge in [0.15, 0.2) is 5.13 Å². The highest BCUT2D eigenvalue weighted by Gasteiger charge is 2.06. The Morgan fingerprint density at radius 3 is 2.90 bits per heavy atom. The third-order valence-electron chi connectivity index (χ3n) is 3.14. The topological polar surface area (TPSA) is 42.2 Å². The van der Waals surface area contributed by atoms with E-state index in [0.717, 1.165) is 21.5 Å². The smallest absolute Gasteiger partial charge is 0.181 e. The summed E-state index contributed by atoms with van der Waals surface area (Å²) >= 11 is 1.48. The molecular weight excluding hydrogens is 273 g/mol. The van der Waals surface area contributed by atoms with Gasteiger partial charge in [-0.15, -0.1) is 0 Å². The summed E-state index contributed by atoms with van der Waals surface area (Å²) in [6.07, 6.45) is 0. The number of benzene rings is 2. The number of nitrogens with zero attached hydrogens (tertiary/aromatic N) is 2. The second kappa shape index (κ2) is 5.09. The van der Waals surface area contributed by atoms with Gasteiger partial charge in [0.2, 0.25) is 0 Å². The minimum Gasteiger partial charge on any atom is -0.375 e. The molecule has 0 saturated carbocycles. The normalized spacial score (nSPS) is 10.9. The molecule has 0 aliphatic rings. The van der Waals surface area contributed by atoms with Gasteiger partial charge in [-0.3, -0.25) is 0 Å². The zero-order valence-corrected chi connectivity index (χ0v) is 11.8. The van der Waals surface area contributed by atoms with Crippen molar-refractivity contribution in [3.8, 4) is 0 Å². The number of fused-ring (bicyclic) bond motifs is 1. The molecule has 0 radical (unpaired) electrons. The molecule has 20 heavy (non-hydrogen) atoms. The van der Waals surface area contributed by atoms with Crippen molar-refractivity contribution in [1.82, 2.24) is 4.98 Å². The Bertz CT molecular complexity index is 754. The fourth-order valence-electron chi connectivity index (χ4n) is 2.16. The Kier molecular flexibility index (Phi) is 3.28. The van der Waals surface area contributed by atoms with E-state index in [0.29, 0.717) is 11.7 Å². The fraction of sp³-hybridized carbons (Fsp3) is 0.133. The van der Waals surface area contributed by atoms with Crippen molar-refractivity contribution < 1.29 is 4.39 Å². The van der Waals surface area contributed by atoms with Crippen molar-refractivity contribution in [2.45, 2.75) is 6.54 Å². The lowest BCUT2D eigenvalue weighted by atomic mass is 10.2. The van der Waals surface area contributed by atoms with E-state index in [-0.39, 0.29) is 5.82 Å². The molecule has 0 bridgehead atoms. The molecule has 2 aromatic carbocycles. The Balaban J connectivity index is 1.85. The van der Waals surface area contributed by atoms with Crippen molar-refractivity contribution in [2.24, 2.45) is 0 Å². The number of anilines is 2. The first-order valence-corrected chi connectivity index (χ1v) is 7.05. The van der Waals surface area contributed by atoms with E-state index >= 15 is 0 Å². The van der Waals surface area contributed by atoms with E-state index in [2.05, 4.69) is 11.1 Å². The predicted octanol–water partition coefficient (Wildman–Crippen LogP) is 3.65. The maximum atomic E-state index is 13.2. The molecule has 0 fully saturated rings. The number of thiazole rings is 1. The van der Waals surface area contributed by atoms with Crippen LogP contribution in [0.2, 0.25) is 0 Å². The summed E-state index contributed by atoms with van der Waals surface area (Å²) in [5.41, 5.74) is 8.63. The molecule has 0 aliphatic heterocycles. The van der Waals surface area contributed by atoms with E-state index in [1.165, 1.54) is 23.5 Å². The highest BCUT2D eigenvalue weighted by atomic mass is 32.1. The number of aromatic nitrogens is 1. The summed E-state index contributed by atoms with van der Waals surface area (Å²) in [7, 11) is 1.94. The van der Waals surface area contributed by atoms with Gasteiger partial charge < -0.3 is 10.6 Å². The van der Waals surface area contributed by atoms with Gasteiger partial charge in [-0.2, -0.15) is 0 Å². The average Bonchev–Trinajstić information content (AvgIpc) is 2.78. The van der Waals surface area contributed by atoms with Gasteiger partial charge in [-0.05, 0) is 35.9 Å². The lowest BCUT2D eigenvalue weighted by molar-refractivity contribution is 0.627. The highest BCUT2D eigenvalue weighted by Crippen LogP contribution is 2.25. The number of hydrogen-bond acceptors (Lipinski definition) is 4. The van der Waals surface area contributed by atoms with Crippen molar-refractivity contribution in [2.75, 3.05) is 17.7 Å². The summed E-state index contributed by atoms with van der Waals surface area (Å²) in [5, 5.41) is 0.579. The molecule has 102 valence electrons. The lowest BCUT2D eigenvalue weighted by Crippen LogP contribution is -2.16.